The third kappa shape index (κ3) is 7.06. The van der Waals surface area contributed by atoms with Crippen molar-refractivity contribution in [3.63, 3.8) is 0 Å². The minimum atomic E-state index is 0.486. The van der Waals surface area contributed by atoms with E-state index in [0.717, 1.165) is 44.5 Å². The minimum absolute atomic E-state index is 0.486. The van der Waals surface area contributed by atoms with Crippen LogP contribution in [-0.2, 0) is 13.1 Å². The summed E-state index contributed by atoms with van der Waals surface area (Å²) in [6.45, 7) is 8.24. The molecule has 0 spiro atoms. The molecular formula is C24H38N4. The van der Waals surface area contributed by atoms with Gasteiger partial charge in [0.15, 0.2) is 0 Å². The lowest BCUT2D eigenvalue weighted by atomic mass is 9.95. The van der Waals surface area contributed by atoms with Gasteiger partial charge in [0.05, 0.1) is 6.54 Å². The van der Waals surface area contributed by atoms with Gasteiger partial charge in [0.25, 0.3) is 0 Å². The molecule has 0 amide bonds. The summed E-state index contributed by atoms with van der Waals surface area (Å²) in [5.41, 5.74) is 3.83. The Morgan fingerprint density at radius 2 is 1.79 bits per heavy atom. The molecule has 0 bridgehead atoms. The zero-order valence-electron chi connectivity index (χ0n) is 17.8. The maximum atomic E-state index is 4.79. The molecule has 1 unspecified atom stereocenters. The molecule has 1 heterocycles. The van der Waals surface area contributed by atoms with Crippen molar-refractivity contribution in [2.24, 2.45) is 10.9 Å². The van der Waals surface area contributed by atoms with E-state index in [9.17, 15) is 0 Å². The smallest absolute Gasteiger partial charge is 0.104 e. The molecule has 1 aromatic rings. The molecule has 0 radical (unpaired) electrons. The van der Waals surface area contributed by atoms with Gasteiger partial charge in [-0.15, -0.1) is 0 Å². The van der Waals surface area contributed by atoms with Crippen molar-refractivity contribution in [2.45, 2.75) is 77.9 Å². The first-order chi connectivity index (χ1) is 13.7. The molecule has 0 saturated heterocycles. The summed E-state index contributed by atoms with van der Waals surface area (Å²) >= 11 is 0. The van der Waals surface area contributed by atoms with Gasteiger partial charge in [0.1, 0.15) is 5.84 Å². The van der Waals surface area contributed by atoms with Crippen LogP contribution in [0.3, 0.4) is 0 Å². The first kappa shape index (κ1) is 21.1. The first-order valence-electron chi connectivity index (χ1n) is 11.2. The standard InChI is InChI=1S/C24H38N4/c1-19-9-10-20(2)28-24(19)27-18-22-13-11-21(12-14-22)17-25-15-6-16-26-23-7-4-3-5-8-23/h10-14,19,23,25-26H,3-9,15-18H2,1-2H3,(H,27,28). The predicted octanol–water partition coefficient (Wildman–Crippen LogP) is 4.52. The fourth-order valence-corrected chi connectivity index (χ4v) is 4.03. The van der Waals surface area contributed by atoms with Gasteiger partial charge in [0.2, 0.25) is 0 Å². The van der Waals surface area contributed by atoms with Crippen LogP contribution >= 0.6 is 0 Å². The molecule has 2 aliphatic rings. The topological polar surface area (TPSA) is 48.5 Å². The van der Waals surface area contributed by atoms with Crippen molar-refractivity contribution in [2.75, 3.05) is 13.1 Å². The summed E-state index contributed by atoms with van der Waals surface area (Å²) in [5.74, 6) is 1.60. The number of nitrogens with one attached hydrogen (secondary N) is 3. The van der Waals surface area contributed by atoms with E-state index in [0.29, 0.717) is 5.92 Å². The van der Waals surface area contributed by atoms with Crippen LogP contribution in [0, 0.1) is 5.92 Å². The van der Waals surface area contributed by atoms with Crippen LogP contribution in [0.4, 0.5) is 0 Å². The number of hydrogen-bond donors (Lipinski definition) is 3. The van der Waals surface area contributed by atoms with Crippen LogP contribution in [0.15, 0.2) is 41.0 Å². The molecule has 0 aromatic heterocycles. The monoisotopic (exact) mass is 382 g/mol. The van der Waals surface area contributed by atoms with E-state index in [4.69, 9.17) is 4.99 Å². The van der Waals surface area contributed by atoms with Crippen molar-refractivity contribution in [3.8, 4) is 0 Å². The number of benzene rings is 1. The lowest BCUT2D eigenvalue weighted by Crippen LogP contribution is -2.33. The highest BCUT2D eigenvalue weighted by molar-refractivity contribution is 5.86. The van der Waals surface area contributed by atoms with Gasteiger partial charge < -0.3 is 16.0 Å². The normalized spacial score (nSPS) is 22.1. The van der Waals surface area contributed by atoms with E-state index in [2.05, 4.69) is 60.1 Å². The molecule has 1 saturated carbocycles. The predicted molar refractivity (Wildman–Crippen MR) is 119 cm³/mol. The fraction of sp³-hybridized carbons (Fsp3) is 0.625. The number of allylic oxidation sites excluding steroid dienone is 2. The van der Waals surface area contributed by atoms with Crippen LogP contribution < -0.4 is 16.0 Å². The average Bonchev–Trinajstić information content (AvgIpc) is 2.73. The second-order valence-electron chi connectivity index (χ2n) is 8.49. The molecule has 28 heavy (non-hydrogen) atoms. The molecule has 3 N–H and O–H groups in total. The summed E-state index contributed by atoms with van der Waals surface area (Å²) < 4.78 is 0. The highest BCUT2D eigenvalue weighted by Gasteiger charge is 2.14. The molecular weight excluding hydrogens is 344 g/mol. The highest BCUT2D eigenvalue weighted by Crippen LogP contribution is 2.17. The quantitative estimate of drug-likeness (QED) is 0.550. The molecule has 1 atom stereocenters. The molecule has 3 rings (SSSR count). The molecule has 1 fully saturated rings. The van der Waals surface area contributed by atoms with Crippen molar-refractivity contribution >= 4 is 5.84 Å². The number of amidine groups is 1. The summed E-state index contributed by atoms with van der Waals surface area (Å²) in [4.78, 5) is 4.79. The van der Waals surface area contributed by atoms with Gasteiger partial charge in [0, 0.05) is 24.2 Å². The van der Waals surface area contributed by atoms with Crippen LogP contribution in [0.2, 0.25) is 0 Å². The summed E-state index contributed by atoms with van der Waals surface area (Å²) in [7, 11) is 0. The Kier molecular flexibility index (Phi) is 8.56. The van der Waals surface area contributed by atoms with Crippen LogP contribution in [-0.4, -0.2) is 25.0 Å². The van der Waals surface area contributed by atoms with E-state index >= 15 is 0 Å². The zero-order valence-corrected chi connectivity index (χ0v) is 17.8. The molecule has 1 aliphatic heterocycles. The lowest BCUT2D eigenvalue weighted by molar-refractivity contribution is 0.371. The zero-order chi connectivity index (χ0) is 19.6. The number of hydrogen-bond acceptors (Lipinski definition) is 3. The Labute approximate surface area is 171 Å². The Balaban J connectivity index is 1.31. The second kappa shape index (κ2) is 11.4. The fourth-order valence-electron chi connectivity index (χ4n) is 4.03. The lowest BCUT2D eigenvalue weighted by Gasteiger charge is -2.22. The second-order valence-corrected chi connectivity index (χ2v) is 8.49. The molecule has 4 heteroatoms. The Hall–Kier alpha value is -1.65. The number of rotatable bonds is 9. The average molecular weight is 383 g/mol. The van der Waals surface area contributed by atoms with Gasteiger partial charge in [-0.2, -0.15) is 0 Å². The van der Waals surface area contributed by atoms with Gasteiger partial charge in [-0.05, 0) is 56.8 Å². The molecule has 1 aliphatic carbocycles. The van der Waals surface area contributed by atoms with Crippen LogP contribution in [0.1, 0.15) is 69.9 Å². The molecule has 154 valence electrons. The maximum absolute atomic E-state index is 4.79. The summed E-state index contributed by atoms with van der Waals surface area (Å²) in [6.07, 6.45) is 11.5. The van der Waals surface area contributed by atoms with Gasteiger partial charge in [-0.25, -0.2) is 0 Å². The van der Waals surface area contributed by atoms with E-state index < -0.39 is 0 Å². The third-order valence-electron chi connectivity index (χ3n) is 5.92. The Morgan fingerprint density at radius 3 is 2.57 bits per heavy atom. The largest absolute Gasteiger partial charge is 0.348 e. The summed E-state index contributed by atoms with van der Waals surface area (Å²) in [5, 5.41) is 10.7. The van der Waals surface area contributed by atoms with Crippen LogP contribution in [0.25, 0.3) is 0 Å². The summed E-state index contributed by atoms with van der Waals surface area (Å²) in [6, 6.07) is 9.65. The van der Waals surface area contributed by atoms with Crippen molar-refractivity contribution < 1.29 is 0 Å². The van der Waals surface area contributed by atoms with E-state index in [-0.39, 0.29) is 0 Å². The SMILES string of the molecule is CC1=CCC(C)C(=NCc2ccc(CNCCCNC3CCCCC3)cc2)N1. The van der Waals surface area contributed by atoms with Crippen LogP contribution in [0.5, 0.6) is 0 Å². The Bertz CT molecular complexity index is 641. The number of nitrogens with zero attached hydrogens (tertiary/aromatic N) is 1. The minimum Gasteiger partial charge on any atom is -0.348 e. The molecule has 4 nitrogen and oxygen atoms in total. The van der Waals surface area contributed by atoms with Crippen molar-refractivity contribution in [1.29, 1.82) is 0 Å². The van der Waals surface area contributed by atoms with E-state index in [1.54, 1.807) is 0 Å². The third-order valence-corrected chi connectivity index (χ3v) is 5.92. The van der Waals surface area contributed by atoms with Crippen molar-refractivity contribution in [1.82, 2.24) is 16.0 Å². The van der Waals surface area contributed by atoms with Gasteiger partial charge in [-0.1, -0.05) is 56.5 Å². The van der Waals surface area contributed by atoms with E-state index in [1.807, 2.05) is 0 Å². The highest BCUT2D eigenvalue weighted by atomic mass is 15.0. The van der Waals surface area contributed by atoms with Gasteiger partial charge >= 0.3 is 0 Å². The first-order valence-corrected chi connectivity index (χ1v) is 11.2. The van der Waals surface area contributed by atoms with E-state index in [1.165, 1.54) is 55.3 Å². The Morgan fingerprint density at radius 1 is 1.04 bits per heavy atom. The van der Waals surface area contributed by atoms with Crippen molar-refractivity contribution in [3.05, 3.63) is 47.2 Å². The van der Waals surface area contributed by atoms with Gasteiger partial charge in [-0.3, -0.25) is 4.99 Å². The number of aliphatic imine (C=N–C) groups is 1. The molecule has 1 aromatic carbocycles. The maximum Gasteiger partial charge on any atom is 0.104 e.